The van der Waals surface area contributed by atoms with Crippen molar-refractivity contribution in [3.8, 4) is 5.75 Å². The van der Waals surface area contributed by atoms with Crippen LogP contribution in [0, 0.1) is 0 Å². The number of hydrogen-bond donors (Lipinski definition) is 1. The van der Waals surface area contributed by atoms with E-state index in [4.69, 9.17) is 4.74 Å². The Morgan fingerprint density at radius 3 is 2.50 bits per heavy atom. The lowest BCUT2D eigenvalue weighted by Gasteiger charge is -2.31. The van der Waals surface area contributed by atoms with Gasteiger partial charge in [-0.15, -0.1) is 0 Å². The highest BCUT2D eigenvalue weighted by Gasteiger charge is 2.22. The van der Waals surface area contributed by atoms with Gasteiger partial charge in [-0.1, -0.05) is 38.3 Å². The summed E-state index contributed by atoms with van der Waals surface area (Å²) in [7, 11) is 1.88. The average Bonchev–Trinajstić information content (AvgIpc) is 2.59. The molecule has 1 aromatic rings. The normalized spacial score (nSPS) is 17.0. The molecule has 1 aliphatic rings. The van der Waals surface area contributed by atoms with Crippen LogP contribution in [0.25, 0.3) is 0 Å². The molecule has 122 valence electrons. The molecule has 0 aromatic heterocycles. The zero-order valence-corrected chi connectivity index (χ0v) is 13.6. The number of hydrogen-bond acceptors (Lipinski definition) is 3. The lowest BCUT2D eigenvalue weighted by Crippen LogP contribution is -2.40. The van der Waals surface area contributed by atoms with Crippen molar-refractivity contribution in [3.05, 3.63) is 29.8 Å². The van der Waals surface area contributed by atoms with E-state index in [0.29, 0.717) is 18.2 Å². The number of likely N-dealkylation sites (N-methyl/N-ethyl adjacent to an activating group) is 1. The molecule has 0 bridgehead atoms. The minimum absolute atomic E-state index is 0.0320. The number of benzene rings is 1. The van der Waals surface area contributed by atoms with E-state index < -0.39 is 6.10 Å². The van der Waals surface area contributed by atoms with Gasteiger partial charge in [0.15, 0.2) is 6.61 Å². The number of carbonyl (C=O) groups excluding carboxylic acids is 1. The average molecular weight is 305 g/mol. The highest BCUT2D eigenvalue weighted by molar-refractivity contribution is 5.77. The third-order valence-electron chi connectivity index (χ3n) is 4.53. The number of rotatable bonds is 6. The number of ether oxygens (including phenoxy) is 1. The molecule has 0 heterocycles. The van der Waals surface area contributed by atoms with E-state index in [9.17, 15) is 9.90 Å². The molecule has 1 unspecified atom stereocenters. The van der Waals surface area contributed by atoms with Crippen LogP contribution in [0.2, 0.25) is 0 Å². The van der Waals surface area contributed by atoms with E-state index in [1.165, 1.54) is 19.3 Å². The van der Waals surface area contributed by atoms with Crippen LogP contribution in [0.3, 0.4) is 0 Å². The zero-order chi connectivity index (χ0) is 15.9. The van der Waals surface area contributed by atoms with Gasteiger partial charge < -0.3 is 14.7 Å². The molecule has 1 amide bonds. The van der Waals surface area contributed by atoms with Gasteiger partial charge in [0.05, 0.1) is 6.10 Å². The van der Waals surface area contributed by atoms with E-state index >= 15 is 0 Å². The van der Waals surface area contributed by atoms with Crippen LogP contribution in [0.1, 0.15) is 57.1 Å². The van der Waals surface area contributed by atoms with Crippen LogP contribution < -0.4 is 4.74 Å². The first-order chi connectivity index (χ1) is 10.6. The smallest absolute Gasteiger partial charge is 0.260 e. The molecule has 1 saturated carbocycles. The van der Waals surface area contributed by atoms with Gasteiger partial charge in [-0.05, 0) is 37.0 Å². The summed E-state index contributed by atoms with van der Waals surface area (Å²) in [5.74, 6) is 0.696. The fourth-order valence-corrected chi connectivity index (χ4v) is 2.94. The van der Waals surface area contributed by atoms with Gasteiger partial charge in [0.25, 0.3) is 5.91 Å². The summed E-state index contributed by atoms with van der Waals surface area (Å²) in [5.41, 5.74) is 0.875. The topological polar surface area (TPSA) is 49.8 Å². The van der Waals surface area contributed by atoms with Crippen LogP contribution in [0.4, 0.5) is 0 Å². The number of aliphatic hydroxyl groups is 1. The lowest BCUT2D eigenvalue weighted by molar-refractivity contribution is -0.134. The first kappa shape index (κ1) is 16.8. The van der Waals surface area contributed by atoms with Gasteiger partial charge in [-0.3, -0.25) is 4.79 Å². The van der Waals surface area contributed by atoms with Crippen molar-refractivity contribution in [1.82, 2.24) is 4.90 Å². The van der Waals surface area contributed by atoms with Gasteiger partial charge in [0.1, 0.15) is 5.75 Å². The van der Waals surface area contributed by atoms with E-state index in [-0.39, 0.29) is 12.5 Å². The van der Waals surface area contributed by atoms with Crippen molar-refractivity contribution in [2.45, 2.75) is 57.6 Å². The summed E-state index contributed by atoms with van der Waals surface area (Å²) >= 11 is 0. The van der Waals surface area contributed by atoms with Crippen molar-refractivity contribution >= 4 is 5.91 Å². The van der Waals surface area contributed by atoms with Gasteiger partial charge in [0, 0.05) is 13.1 Å². The predicted octanol–water partition coefficient (Wildman–Crippen LogP) is 3.30. The molecule has 0 saturated heterocycles. The van der Waals surface area contributed by atoms with Gasteiger partial charge in [-0.25, -0.2) is 0 Å². The standard InChI is InChI=1S/C18H27NO3/c1-3-17(20)14-9-11-16(12-10-14)22-13-18(21)19(2)15-7-5-4-6-8-15/h9-12,15,17,20H,3-8,13H2,1-2H3. The predicted molar refractivity (Wildman–Crippen MR) is 86.8 cm³/mol. The van der Waals surface area contributed by atoms with Crippen molar-refractivity contribution in [1.29, 1.82) is 0 Å². The molecule has 1 N–H and O–H groups in total. The number of aliphatic hydroxyl groups excluding tert-OH is 1. The van der Waals surface area contributed by atoms with Crippen LogP contribution in [-0.4, -0.2) is 35.6 Å². The largest absolute Gasteiger partial charge is 0.484 e. The zero-order valence-electron chi connectivity index (χ0n) is 13.6. The van der Waals surface area contributed by atoms with Crippen LogP contribution in [-0.2, 0) is 4.79 Å². The number of nitrogens with zero attached hydrogens (tertiary/aromatic N) is 1. The van der Waals surface area contributed by atoms with Gasteiger partial charge in [0.2, 0.25) is 0 Å². The first-order valence-corrected chi connectivity index (χ1v) is 8.28. The Hall–Kier alpha value is -1.55. The highest BCUT2D eigenvalue weighted by atomic mass is 16.5. The second kappa shape index (κ2) is 8.18. The maximum Gasteiger partial charge on any atom is 0.260 e. The van der Waals surface area contributed by atoms with Gasteiger partial charge in [-0.2, -0.15) is 0 Å². The van der Waals surface area contributed by atoms with E-state index in [1.807, 2.05) is 43.1 Å². The summed E-state index contributed by atoms with van der Waals surface area (Å²) in [4.78, 5) is 14.0. The van der Waals surface area contributed by atoms with E-state index in [0.717, 1.165) is 18.4 Å². The third-order valence-corrected chi connectivity index (χ3v) is 4.53. The molecule has 1 fully saturated rings. The Balaban J connectivity index is 1.82. The summed E-state index contributed by atoms with van der Waals surface area (Å²) in [5, 5.41) is 9.75. The third kappa shape index (κ3) is 4.47. The SMILES string of the molecule is CCC(O)c1ccc(OCC(=O)N(C)C2CCCCC2)cc1. The van der Waals surface area contributed by atoms with Crippen LogP contribution >= 0.6 is 0 Å². The second-order valence-electron chi connectivity index (χ2n) is 6.08. The van der Waals surface area contributed by atoms with Crippen LogP contribution in [0.5, 0.6) is 5.75 Å². The maximum atomic E-state index is 12.2. The number of carbonyl (C=O) groups is 1. The van der Waals surface area contributed by atoms with Crippen molar-refractivity contribution in [2.75, 3.05) is 13.7 Å². The fourth-order valence-electron chi connectivity index (χ4n) is 2.94. The van der Waals surface area contributed by atoms with Crippen molar-refractivity contribution in [3.63, 3.8) is 0 Å². The first-order valence-electron chi connectivity index (χ1n) is 8.28. The minimum Gasteiger partial charge on any atom is -0.484 e. The quantitative estimate of drug-likeness (QED) is 0.877. The fraction of sp³-hybridized carbons (Fsp3) is 0.611. The molecule has 22 heavy (non-hydrogen) atoms. The Morgan fingerprint density at radius 2 is 1.91 bits per heavy atom. The molecule has 1 aromatic carbocycles. The van der Waals surface area contributed by atoms with E-state index in [2.05, 4.69) is 0 Å². The minimum atomic E-state index is -0.437. The Kier molecular flexibility index (Phi) is 6.25. The second-order valence-corrected chi connectivity index (χ2v) is 6.08. The molecular weight excluding hydrogens is 278 g/mol. The molecule has 0 spiro atoms. The molecule has 4 nitrogen and oxygen atoms in total. The summed E-state index contributed by atoms with van der Waals surface area (Å²) in [6.07, 6.45) is 6.16. The summed E-state index contributed by atoms with van der Waals surface area (Å²) < 4.78 is 5.58. The lowest BCUT2D eigenvalue weighted by atomic mass is 9.94. The summed E-state index contributed by atoms with van der Waals surface area (Å²) in [6.45, 7) is 2.01. The van der Waals surface area contributed by atoms with Crippen LogP contribution in [0.15, 0.2) is 24.3 Å². The molecule has 1 aliphatic carbocycles. The highest BCUT2D eigenvalue weighted by Crippen LogP contribution is 2.22. The van der Waals surface area contributed by atoms with Crippen molar-refractivity contribution < 1.29 is 14.6 Å². The molecule has 1 atom stereocenters. The monoisotopic (exact) mass is 305 g/mol. The molecule has 2 rings (SSSR count). The molecule has 0 aliphatic heterocycles. The van der Waals surface area contributed by atoms with E-state index in [1.54, 1.807) is 0 Å². The maximum absolute atomic E-state index is 12.2. The Morgan fingerprint density at radius 1 is 1.27 bits per heavy atom. The van der Waals surface area contributed by atoms with Gasteiger partial charge >= 0.3 is 0 Å². The Bertz CT molecular complexity index is 466. The molecule has 4 heteroatoms. The molecular formula is C18H27NO3. The summed E-state index contributed by atoms with van der Waals surface area (Å²) in [6, 6.07) is 7.67. The van der Waals surface area contributed by atoms with Crippen molar-refractivity contribution in [2.24, 2.45) is 0 Å². The number of amides is 1. The molecule has 0 radical (unpaired) electrons. The Labute approximate surface area is 133 Å².